The van der Waals surface area contributed by atoms with Gasteiger partial charge in [-0.15, -0.1) is 0 Å². The molecule has 0 spiro atoms. The summed E-state index contributed by atoms with van der Waals surface area (Å²) in [4.78, 5) is 10.2. The van der Waals surface area contributed by atoms with Crippen LogP contribution in [0.3, 0.4) is 0 Å². The van der Waals surface area contributed by atoms with Gasteiger partial charge >= 0.3 is 0 Å². The van der Waals surface area contributed by atoms with E-state index in [0.29, 0.717) is 0 Å². The van der Waals surface area contributed by atoms with E-state index in [4.69, 9.17) is 0 Å². The van der Waals surface area contributed by atoms with Crippen molar-refractivity contribution in [1.82, 2.24) is 0 Å². The Labute approximate surface area is 88.3 Å². The first-order chi connectivity index (χ1) is 6.93. The molecule has 82 valence electrons. The molecule has 1 rings (SSSR count). The molecule has 0 aromatic heterocycles. The van der Waals surface area contributed by atoms with Gasteiger partial charge < -0.3 is 4.79 Å². The second-order valence-corrected chi connectivity index (χ2v) is 4.66. The number of hydrogen-bond acceptors (Lipinski definition) is 1. The summed E-state index contributed by atoms with van der Waals surface area (Å²) < 4.78 is 0. The third kappa shape index (κ3) is 5.41. The van der Waals surface area contributed by atoms with Gasteiger partial charge in [0.15, 0.2) is 0 Å². The van der Waals surface area contributed by atoms with Crippen LogP contribution in [-0.4, -0.2) is 6.29 Å². The van der Waals surface area contributed by atoms with E-state index in [9.17, 15) is 4.79 Å². The van der Waals surface area contributed by atoms with Crippen LogP contribution in [0.25, 0.3) is 0 Å². The molecule has 1 heteroatoms. The van der Waals surface area contributed by atoms with Crippen LogP contribution in [0.2, 0.25) is 0 Å². The Bertz CT molecular complexity index is 134. The predicted octanol–water partition coefficient (Wildman–Crippen LogP) is 4.11. The fourth-order valence-electron chi connectivity index (χ4n) is 2.49. The quantitative estimate of drug-likeness (QED) is 0.478. The number of aldehydes is 1. The van der Waals surface area contributed by atoms with Crippen LogP contribution in [-0.2, 0) is 4.79 Å². The van der Waals surface area contributed by atoms with Crippen LogP contribution in [0.4, 0.5) is 0 Å². The number of hydrogen-bond donors (Lipinski definition) is 0. The molecule has 0 amide bonds. The molecule has 1 fully saturated rings. The van der Waals surface area contributed by atoms with E-state index < -0.39 is 0 Å². The summed E-state index contributed by atoms with van der Waals surface area (Å²) in [5.74, 6) is 0.974. The second-order valence-electron chi connectivity index (χ2n) is 4.66. The molecule has 1 nitrogen and oxygen atoms in total. The van der Waals surface area contributed by atoms with E-state index in [-0.39, 0.29) is 0 Å². The van der Waals surface area contributed by atoms with Gasteiger partial charge in [-0.3, -0.25) is 0 Å². The van der Waals surface area contributed by atoms with Crippen molar-refractivity contribution in [2.75, 3.05) is 0 Å². The van der Waals surface area contributed by atoms with Crippen LogP contribution in [0, 0.1) is 5.92 Å². The summed E-state index contributed by atoms with van der Waals surface area (Å²) in [6.07, 6.45) is 15.7. The Morgan fingerprint density at radius 1 is 0.929 bits per heavy atom. The molecule has 1 aliphatic carbocycles. The van der Waals surface area contributed by atoms with E-state index in [1.165, 1.54) is 57.8 Å². The van der Waals surface area contributed by atoms with Gasteiger partial charge in [0.05, 0.1) is 0 Å². The third-order valence-corrected chi connectivity index (χ3v) is 3.41. The fraction of sp³-hybridized carbons (Fsp3) is 0.923. The summed E-state index contributed by atoms with van der Waals surface area (Å²) in [5.41, 5.74) is 0. The molecule has 0 atom stereocenters. The van der Waals surface area contributed by atoms with Crippen molar-refractivity contribution in [3.05, 3.63) is 0 Å². The molecule has 1 aliphatic rings. The van der Waals surface area contributed by atoms with Crippen LogP contribution in [0.1, 0.15) is 70.6 Å². The van der Waals surface area contributed by atoms with E-state index in [1.807, 2.05) is 0 Å². The summed E-state index contributed by atoms with van der Waals surface area (Å²) in [7, 11) is 0. The van der Waals surface area contributed by atoms with Crippen LogP contribution >= 0.6 is 0 Å². The molecule has 14 heavy (non-hydrogen) atoms. The molecule has 0 aromatic rings. The largest absolute Gasteiger partial charge is 0.303 e. The minimum Gasteiger partial charge on any atom is -0.303 e. The van der Waals surface area contributed by atoms with Gasteiger partial charge in [-0.2, -0.15) is 0 Å². The van der Waals surface area contributed by atoms with E-state index in [2.05, 4.69) is 0 Å². The zero-order valence-electron chi connectivity index (χ0n) is 9.34. The first-order valence-electron chi connectivity index (χ1n) is 6.37. The van der Waals surface area contributed by atoms with Gasteiger partial charge in [-0.05, 0) is 12.3 Å². The molecule has 0 aliphatic heterocycles. The lowest BCUT2D eigenvalue weighted by molar-refractivity contribution is -0.107. The number of rotatable bonds is 5. The number of carbonyl (C=O) groups is 1. The van der Waals surface area contributed by atoms with Crippen molar-refractivity contribution in [1.29, 1.82) is 0 Å². The molecule has 0 N–H and O–H groups in total. The predicted molar refractivity (Wildman–Crippen MR) is 60.3 cm³/mol. The highest BCUT2D eigenvalue weighted by atomic mass is 16.1. The van der Waals surface area contributed by atoms with Gasteiger partial charge in [-0.1, -0.05) is 57.8 Å². The summed E-state index contributed by atoms with van der Waals surface area (Å²) in [6, 6.07) is 0. The van der Waals surface area contributed by atoms with Crippen LogP contribution in [0.5, 0.6) is 0 Å². The normalized spacial score (nSPS) is 20.0. The maximum absolute atomic E-state index is 10.2. The minimum absolute atomic E-state index is 0.771. The van der Waals surface area contributed by atoms with Gasteiger partial charge in [0.1, 0.15) is 6.29 Å². The molecular weight excluding hydrogens is 172 g/mol. The highest BCUT2D eigenvalue weighted by Crippen LogP contribution is 2.26. The summed E-state index contributed by atoms with van der Waals surface area (Å²) in [5, 5.41) is 0. The SMILES string of the molecule is O=CCCCCC1CCCCCCC1. The van der Waals surface area contributed by atoms with Gasteiger partial charge in [-0.25, -0.2) is 0 Å². The Morgan fingerprint density at radius 3 is 2.21 bits per heavy atom. The lowest BCUT2D eigenvalue weighted by atomic mass is 9.87. The average molecular weight is 196 g/mol. The lowest BCUT2D eigenvalue weighted by Crippen LogP contribution is -2.03. The summed E-state index contributed by atoms with van der Waals surface area (Å²) in [6.45, 7) is 0. The third-order valence-electron chi connectivity index (χ3n) is 3.41. The molecule has 1 saturated carbocycles. The Morgan fingerprint density at radius 2 is 1.57 bits per heavy atom. The summed E-state index contributed by atoms with van der Waals surface area (Å²) >= 11 is 0. The molecule has 0 heterocycles. The standard InChI is InChI=1S/C13H24O/c14-12-8-4-7-11-13-9-5-2-1-3-6-10-13/h12-13H,1-11H2. The molecule has 0 radical (unpaired) electrons. The lowest BCUT2D eigenvalue weighted by Gasteiger charge is -2.19. The van der Waals surface area contributed by atoms with Crippen molar-refractivity contribution in [2.45, 2.75) is 70.6 Å². The van der Waals surface area contributed by atoms with Gasteiger partial charge in [0.25, 0.3) is 0 Å². The van der Waals surface area contributed by atoms with Gasteiger partial charge in [0, 0.05) is 6.42 Å². The van der Waals surface area contributed by atoms with Crippen LogP contribution < -0.4 is 0 Å². The van der Waals surface area contributed by atoms with Crippen molar-refractivity contribution >= 4 is 6.29 Å². The zero-order valence-corrected chi connectivity index (χ0v) is 9.34. The average Bonchev–Trinajstić information content (AvgIpc) is 2.15. The van der Waals surface area contributed by atoms with Gasteiger partial charge in [0.2, 0.25) is 0 Å². The molecule has 0 unspecified atom stereocenters. The maximum atomic E-state index is 10.2. The second kappa shape index (κ2) is 8.02. The zero-order chi connectivity index (χ0) is 10.1. The number of carbonyl (C=O) groups excluding carboxylic acids is 1. The molecular formula is C13H24O. The molecule has 0 bridgehead atoms. The highest BCUT2D eigenvalue weighted by molar-refractivity contribution is 5.48. The maximum Gasteiger partial charge on any atom is 0.119 e. The van der Waals surface area contributed by atoms with Crippen molar-refractivity contribution < 1.29 is 4.79 Å². The first-order valence-corrected chi connectivity index (χ1v) is 6.37. The Balaban J connectivity index is 2.04. The van der Waals surface area contributed by atoms with Crippen molar-refractivity contribution in [3.8, 4) is 0 Å². The molecule has 0 aromatic carbocycles. The minimum atomic E-state index is 0.771. The fourth-order valence-corrected chi connectivity index (χ4v) is 2.49. The van der Waals surface area contributed by atoms with Crippen molar-refractivity contribution in [2.24, 2.45) is 5.92 Å². The Hall–Kier alpha value is -0.330. The molecule has 0 saturated heterocycles. The number of unbranched alkanes of at least 4 members (excludes halogenated alkanes) is 2. The Kier molecular flexibility index (Phi) is 6.73. The topological polar surface area (TPSA) is 17.1 Å². The van der Waals surface area contributed by atoms with E-state index in [0.717, 1.165) is 25.0 Å². The smallest absolute Gasteiger partial charge is 0.119 e. The van der Waals surface area contributed by atoms with Crippen LogP contribution in [0.15, 0.2) is 0 Å². The van der Waals surface area contributed by atoms with E-state index >= 15 is 0 Å². The van der Waals surface area contributed by atoms with E-state index in [1.54, 1.807) is 0 Å². The highest BCUT2D eigenvalue weighted by Gasteiger charge is 2.10. The monoisotopic (exact) mass is 196 g/mol. The first kappa shape index (κ1) is 11.7. The van der Waals surface area contributed by atoms with Crippen molar-refractivity contribution in [3.63, 3.8) is 0 Å².